The summed E-state index contributed by atoms with van der Waals surface area (Å²) in [6.45, 7) is -8.46. The standard InChI is InChI=1S/C25H37NO4/c27-20-23-18-22(13-14-24(23)28)25(29)19-26-15-7-1-2-8-16-30-17-9-6-12-21-10-4-3-5-11-21/h3-5,10-11,13-14,18,25-29H,1-2,6-9,12,15-17,19-20H2/i1D2,2D2,7D2,8D2,15D2,16D2. The van der Waals surface area contributed by atoms with Crippen LogP contribution in [0.15, 0.2) is 48.5 Å². The molecule has 0 heterocycles. The third kappa shape index (κ3) is 9.72. The minimum absolute atomic E-state index is 0.0596. The van der Waals surface area contributed by atoms with Gasteiger partial charge < -0.3 is 25.4 Å². The van der Waals surface area contributed by atoms with Crippen LogP contribution in [0.2, 0.25) is 0 Å². The number of nitrogens with one attached hydrogen (secondary N) is 1. The lowest BCUT2D eigenvalue weighted by Crippen LogP contribution is -2.22. The second kappa shape index (κ2) is 15.0. The van der Waals surface area contributed by atoms with Gasteiger partial charge in [0.1, 0.15) is 5.75 Å². The average molecular weight is 428 g/mol. The lowest BCUT2D eigenvalue weighted by molar-refractivity contribution is 0.126. The lowest BCUT2D eigenvalue weighted by atomic mass is 10.1. The summed E-state index contributed by atoms with van der Waals surface area (Å²) in [7, 11) is 0. The molecule has 1 unspecified atom stereocenters. The summed E-state index contributed by atoms with van der Waals surface area (Å²) in [6, 6.07) is 13.0. The van der Waals surface area contributed by atoms with E-state index in [-0.39, 0.29) is 29.9 Å². The molecule has 0 aromatic heterocycles. The van der Waals surface area contributed by atoms with E-state index < -0.39 is 57.8 Å². The average Bonchev–Trinajstić information content (AvgIpc) is 2.91. The molecule has 5 nitrogen and oxygen atoms in total. The predicted octanol–water partition coefficient (Wildman–Crippen LogP) is 4.11. The molecule has 4 N–H and O–H groups in total. The van der Waals surface area contributed by atoms with Crippen LogP contribution in [0.5, 0.6) is 5.75 Å². The smallest absolute Gasteiger partial charge is 0.121 e. The first-order valence-corrected chi connectivity index (χ1v) is 9.70. The van der Waals surface area contributed by atoms with Gasteiger partial charge in [0.05, 0.1) is 15.5 Å². The third-order valence-corrected chi connectivity index (χ3v) is 4.22. The highest BCUT2D eigenvalue weighted by Gasteiger charge is 2.09. The highest BCUT2D eigenvalue weighted by molar-refractivity contribution is 5.36. The van der Waals surface area contributed by atoms with Gasteiger partial charge in [-0.1, -0.05) is 49.1 Å². The Bertz CT molecular complexity index is 1170. The van der Waals surface area contributed by atoms with E-state index in [9.17, 15) is 15.3 Å². The van der Waals surface area contributed by atoms with Crippen LogP contribution < -0.4 is 5.32 Å². The van der Waals surface area contributed by atoms with E-state index in [0.717, 1.165) is 5.56 Å². The summed E-state index contributed by atoms with van der Waals surface area (Å²) in [6.07, 6.45) is -15.7. The molecular formula is C25H37NO4. The maximum atomic E-state index is 10.4. The minimum Gasteiger partial charge on any atom is -0.508 e. The molecule has 2 aromatic carbocycles. The van der Waals surface area contributed by atoms with Crippen LogP contribution in [0, 0.1) is 0 Å². The Morgan fingerprint density at radius 1 is 1.00 bits per heavy atom. The second-order valence-corrected chi connectivity index (χ2v) is 6.46. The van der Waals surface area contributed by atoms with Crippen LogP contribution in [-0.4, -0.2) is 41.5 Å². The fourth-order valence-electron chi connectivity index (χ4n) is 2.60. The van der Waals surface area contributed by atoms with E-state index in [4.69, 9.17) is 21.2 Å². The Labute approximate surface area is 197 Å². The zero-order chi connectivity index (χ0) is 32.2. The molecule has 0 saturated heterocycles. The van der Waals surface area contributed by atoms with E-state index in [1.807, 2.05) is 35.6 Å². The Morgan fingerprint density at radius 3 is 2.60 bits per heavy atom. The fraction of sp³-hybridized carbons (Fsp3) is 0.520. The SMILES string of the molecule is [2H]C([2H])(NCC(O)c1ccc(O)c(CO)c1)C([2H])([2H])C([2H])([2H])C([2H])([2H])C([2H])([2H])C([2H])([2H])OCCCCc1ccccc1. The predicted molar refractivity (Wildman–Crippen MR) is 121 cm³/mol. The van der Waals surface area contributed by atoms with E-state index in [2.05, 4.69) is 0 Å². The van der Waals surface area contributed by atoms with Crippen molar-refractivity contribution in [2.24, 2.45) is 0 Å². The number of benzene rings is 2. The molecule has 0 aliphatic heterocycles. The molecule has 0 fully saturated rings. The number of aliphatic hydroxyl groups is 2. The van der Waals surface area contributed by atoms with Crippen LogP contribution in [-0.2, 0) is 17.8 Å². The number of hydrogen-bond acceptors (Lipinski definition) is 5. The number of unbranched alkanes of at least 4 members (excludes halogenated alkanes) is 1. The molecule has 30 heavy (non-hydrogen) atoms. The Hall–Kier alpha value is -1.92. The van der Waals surface area contributed by atoms with Gasteiger partial charge in [-0.3, -0.25) is 0 Å². The van der Waals surface area contributed by atoms with Crippen molar-refractivity contribution in [3.8, 4) is 5.75 Å². The summed E-state index contributed by atoms with van der Waals surface area (Å²) in [5.74, 6) is -0.256. The summed E-state index contributed by atoms with van der Waals surface area (Å²) < 4.78 is 103. The first kappa shape index (κ1) is 12.2. The molecule has 0 aliphatic rings. The molecule has 2 rings (SSSR count). The van der Waals surface area contributed by atoms with Crippen molar-refractivity contribution in [2.75, 3.05) is 26.2 Å². The summed E-state index contributed by atoms with van der Waals surface area (Å²) >= 11 is 0. The van der Waals surface area contributed by atoms with Crippen molar-refractivity contribution in [3.05, 3.63) is 65.2 Å². The molecular weight excluding hydrogens is 378 g/mol. The Kier molecular flexibility index (Phi) is 6.09. The fourth-order valence-corrected chi connectivity index (χ4v) is 2.60. The number of ether oxygens (including phenoxy) is 1. The van der Waals surface area contributed by atoms with Crippen LogP contribution in [0.25, 0.3) is 0 Å². The maximum Gasteiger partial charge on any atom is 0.121 e. The van der Waals surface area contributed by atoms with Crippen molar-refractivity contribution in [1.29, 1.82) is 0 Å². The number of hydrogen-bond donors (Lipinski definition) is 4. The number of rotatable bonds is 16. The molecule has 0 saturated carbocycles. The van der Waals surface area contributed by atoms with Crippen molar-refractivity contribution in [2.45, 2.75) is 57.5 Å². The first-order chi connectivity index (χ1) is 19.2. The van der Waals surface area contributed by atoms with E-state index >= 15 is 0 Å². The highest BCUT2D eigenvalue weighted by atomic mass is 16.5. The third-order valence-electron chi connectivity index (χ3n) is 4.22. The van der Waals surface area contributed by atoms with Crippen molar-refractivity contribution in [3.63, 3.8) is 0 Å². The first-order valence-electron chi connectivity index (χ1n) is 15.7. The Morgan fingerprint density at radius 2 is 1.80 bits per heavy atom. The van der Waals surface area contributed by atoms with Gasteiger partial charge in [-0.05, 0) is 61.8 Å². The topological polar surface area (TPSA) is 82.0 Å². The quantitative estimate of drug-likeness (QED) is 0.303. The van der Waals surface area contributed by atoms with E-state index in [0.29, 0.717) is 12.8 Å². The van der Waals surface area contributed by atoms with Crippen LogP contribution in [0.3, 0.4) is 0 Å². The second-order valence-electron chi connectivity index (χ2n) is 6.46. The monoisotopic (exact) mass is 427 g/mol. The number of phenols is 1. The zero-order valence-electron chi connectivity index (χ0n) is 28.7. The largest absolute Gasteiger partial charge is 0.508 e. The number of aromatic hydroxyl groups is 1. The molecule has 0 amide bonds. The lowest BCUT2D eigenvalue weighted by Gasteiger charge is -2.14. The van der Waals surface area contributed by atoms with Crippen molar-refractivity contribution >= 4 is 0 Å². The molecule has 0 spiro atoms. The number of aryl methyl sites for hydroxylation is 1. The van der Waals surface area contributed by atoms with E-state index in [1.165, 1.54) is 18.2 Å². The normalized spacial score (nSPS) is 21.0. The van der Waals surface area contributed by atoms with Gasteiger partial charge in [0.2, 0.25) is 0 Å². The van der Waals surface area contributed by atoms with E-state index in [1.54, 1.807) is 0 Å². The van der Waals surface area contributed by atoms with Gasteiger partial charge in [0.25, 0.3) is 0 Å². The molecule has 166 valence electrons. The molecule has 2 aromatic rings. The number of aliphatic hydroxyl groups excluding tert-OH is 2. The van der Waals surface area contributed by atoms with Gasteiger partial charge in [-0.25, -0.2) is 0 Å². The van der Waals surface area contributed by atoms with Crippen molar-refractivity contribution in [1.82, 2.24) is 5.32 Å². The van der Waals surface area contributed by atoms with Gasteiger partial charge in [0.15, 0.2) is 0 Å². The maximum absolute atomic E-state index is 10.4. The van der Waals surface area contributed by atoms with Gasteiger partial charge in [-0.2, -0.15) is 0 Å². The van der Waals surface area contributed by atoms with Gasteiger partial charge in [0, 0.05) is 39.0 Å². The molecule has 0 radical (unpaired) electrons. The Balaban J connectivity index is 2.15. The van der Waals surface area contributed by atoms with Crippen LogP contribution >= 0.6 is 0 Å². The summed E-state index contributed by atoms with van der Waals surface area (Å²) in [5, 5.41) is 31.4. The zero-order valence-corrected chi connectivity index (χ0v) is 16.7. The van der Waals surface area contributed by atoms with Crippen molar-refractivity contribution < 1.29 is 36.5 Å². The minimum atomic E-state index is -3.99. The molecule has 5 heteroatoms. The molecule has 0 aliphatic carbocycles. The van der Waals surface area contributed by atoms with Crippen LogP contribution in [0.1, 0.15) is 77.6 Å². The molecule has 0 bridgehead atoms. The summed E-state index contributed by atoms with van der Waals surface area (Å²) in [5.41, 5.74) is 1.19. The van der Waals surface area contributed by atoms with Gasteiger partial charge >= 0.3 is 0 Å². The van der Waals surface area contributed by atoms with Gasteiger partial charge in [-0.15, -0.1) is 0 Å². The summed E-state index contributed by atoms with van der Waals surface area (Å²) in [4.78, 5) is 0. The molecule has 1 atom stereocenters. The van der Waals surface area contributed by atoms with Crippen LogP contribution in [0.4, 0.5) is 0 Å². The highest BCUT2D eigenvalue weighted by Crippen LogP contribution is 2.22.